The Kier molecular flexibility index (Phi) is 2.68. The number of nitrogens with zero attached hydrogens (tertiary/aromatic N) is 1. The zero-order chi connectivity index (χ0) is 11.5. The number of aromatic nitrogens is 2. The van der Waals surface area contributed by atoms with Crippen molar-refractivity contribution in [2.24, 2.45) is 0 Å². The van der Waals surface area contributed by atoms with Gasteiger partial charge in [0.2, 0.25) is 5.43 Å². The molecule has 0 unspecified atom stereocenters. The molecule has 0 aliphatic rings. The number of pyridine rings is 2. The predicted molar refractivity (Wildman–Crippen MR) is 58.3 cm³/mol. The topological polar surface area (TPSA) is 72.1 Å². The molecule has 82 valence electrons. The van der Waals surface area contributed by atoms with Gasteiger partial charge < -0.3 is 9.72 Å². The van der Waals surface area contributed by atoms with Crippen LogP contribution in [0.4, 0.5) is 0 Å². The van der Waals surface area contributed by atoms with Crippen molar-refractivity contribution < 1.29 is 9.53 Å². The lowest BCUT2D eigenvalue weighted by Gasteiger charge is -2.02. The number of hydrogen-bond acceptors (Lipinski definition) is 4. The van der Waals surface area contributed by atoms with Crippen LogP contribution in [-0.4, -0.2) is 22.5 Å². The Morgan fingerprint density at radius 2 is 2.38 bits per heavy atom. The maximum atomic E-state index is 11.9. The third kappa shape index (κ3) is 1.67. The third-order valence-electron chi connectivity index (χ3n) is 2.13. The van der Waals surface area contributed by atoms with Crippen molar-refractivity contribution in [1.82, 2.24) is 9.97 Å². The Balaban J connectivity index is 2.61. The van der Waals surface area contributed by atoms with Crippen LogP contribution in [0.5, 0.6) is 0 Å². The normalized spacial score (nSPS) is 10.3. The Hall–Kier alpha value is -2.17. The molecule has 1 N–H and O–H groups in total. The number of rotatable bonds is 2. The maximum Gasteiger partial charge on any atom is 0.343 e. The molecule has 0 spiro atoms. The smallest absolute Gasteiger partial charge is 0.343 e. The van der Waals surface area contributed by atoms with Gasteiger partial charge in [0.25, 0.3) is 0 Å². The van der Waals surface area contributed by atoms with Crippen LogP contribution in [0.25, 0.3) is 11.0 Å². The zero-order valence-electron chi connectivity index (χ0n) is 8.69. The Morgan fingerprint density at radius 1 is 1.56 bits per heavy atom. The van der Waals surface area contributed by atoms with Gasteiger partial charge in [-0.05, 0) is 19.1 Å². The van der Waals surface area contributed by atoms with E-state index in [9.17, 15) is 9.59 Å². The summed E-state index contributed by atoms with van der Waals surface area (Å²) in [5.74, 6) is -0.628. The van der Waals surface area contributed by atoms with Crippen LogP contribution in [0.1, 0.15) is 17.3 Å². The van der Waals surface area contributed by atoms with Crippen LogP contribution in [0, 0.1) is 0 Å². The van der Waals surface area contributed by atoms with Gasteiger partial charge >= 0.3 is 5.97 Å². The summed E-state index contributed by atoms with van der Waals surface area (Å²) >= 11 is 0. The Labute approximate surface area is 91.1 Å². The van der Waals surface area contributed by atoms with Crippen molar-refractivity contribution >= 4 is 17.0 Å². The first kappa shape index (κ1) is 10.4. The van der Waals surface area contributed by atoms with Crippen molar-refractivity contribution in [3.63, 3.8) is 0 Å². The lowest BCUT2D eigenvalue weighted by Crippen LogP contribution is -2.18. The molecule has 0 radical (unpaired) electrons. The Bertz CT molecular complexity index is 589. The molecule has 0 aliphatic carbocycles. The molecular formula is C11H10N2O3. The largest absolute Gasteiger partial charge is 0.462 e. The van der Waals surface area contributed by atoms with Gasteiger partial charge in [-0.1, -0.05) is 0 Å². The highest BCUT2D eigenvalue weighted by atomic mass is 16.5. The van der Waals surface area contributed by atoms with Gasteiger partial charge in [0, 0.05) is 12.4 Å². The van der Waals surface area contributed by atoms with E-state index in [0.29, 0.717) is 5.52 Å². The first-order valence-electron chi connectivity index (χ1n) is 4.87. The molecule has 2 rings (SSSR count). The van der Waals surface area contributed by atoms with Gasteiger partial charge in [-0.25, -0.2) is 4.79 Å². The quantitative estimate of drug-likeness (QED) is 0.766. The molecule has 16 heavy (non-hydrogen) atoms. The first-order valence-corrected chi connectivity index (χ1v) is 4.87. The number of carbonyl (C=O) groups excluding carboxylic acids is 1. The van der Waals surface area contributed by atoms with Gasteiger partial charge in [0.05, 0.1) is 12.1 Å². The third-order valence-corrected chi connectivity index (χ3v) is 2.13. The van der Waals surface area contributed by atoms with E-state index in [1.165, 1.54) is 12.4 Å². The highest BCUT2D eigenvalue weighted by Gasteiger charge is 2.13. The fourth-order valence-corrected chi connectivity index (χ4v) is 1.41. The van der Waals surface area contributed by atoms with Crippen molar-refractivity contribution in [1.29, 1.82) is 0 Å². The summed E-state index contributed by atoms with van der Waals surface area (Å²) in [4.78, 5) is 30.1. The lowest BCUT2D eigenvalue weighted by molar-refractivity contribution is 0.0524. The molecule has 0 saturated heterocycles. The minimum atomic E-state index is -0.628. The average Bonchev–Trinajstić information content (AvgIpc) is 2.30. The SMILES string of the molecule is CCOC(=O)c1c[nH]c2cccnc2c1=O. The van der Waals surface area contributed by atoms with E-state index in [0.717, 1.165) is 0 Å². The second-order valence-corrected chi connectivity index (χ2v) is 3.15. The summed E-state index contributed by atoms with van der Waals surface area (Å²) in [6, 6.07) is 3.43. The summed E-state index contributed by atoms with van der Waals surface area (Å²) in [6.07, 6.45) is 2.86. The van der Waals surface area contributed by atoms with E-state index < -0.39 is 11.4 Å². The van der Waals surface area contributed by atoms with E-state index in [1.54, 1.807) is 19.1 Å². The highest BCUT2D eigenvalue weighted by molar-refractivity contribution is 5.92. The van der Waals surface area contributed by atoms with Crippen LogP contribution >= 0.6 is 0 Å². The molecular weight excluding hydrogens is 208 g/mol. The average molecular weight is 218 g/mol. The minimum Gasteiger partial charge on any atom is -0.462 e. The number of nitrogens with one attached hydrogen (secondary N) is 1. The van der Waals surface area contributed by atoms with Crippen molar-refractivity contribution in [3.8, 4) is 0 Å². The van der Waals surface area contributed by atoms with E-state index in [1.807, 2.05) is 0 Å². The summed E-state index contributed by atoms with van der Waals surface area (Å²) in [7, 11) is 0. The molecule has 0 aliphatic heterocycles. The van der Waals surface area contributed by atoms with E-state index in [4.69, 9.17) is 4.74 Å². The fraction of sp³-hybridized carbons (Fsp3) is 0.182. The molecule has 2 aromatic rings. The number of aromatic amines is 1. The molecule has 0 aromatic carbocycles. The van der Waals surface area contributed by atoms with Gasteiger partial charge in [-0.15, -0.1) is 0 Å². The summed E-state index contributed by atoms with van der Waals surface area (Å²) < 4.78 is 4.77. The molecule has 0 fully saturated rings. The van der Waals surface area contributed by atoms with Crippen LogP contribution in [0.2, 0.25) is 0 Å². The number of esters is 1. The van der Waals surface area contributed by atoms with Crippen molar-refractivity contribution in [2.75, 3.05) is 6.61 Å². The van der Waals surface area contributed by atoms with Crippen LogP contribution in [0.15, 0.2) is 29.3 Å². The molecule has 5 heteroatoms. The molecule has 0 saturated carbocycles. The molecule has 5 nitrogen and oxygen atoms in total. The molecule has 2 aromatic heterocycles. The Morgan fingerprint density at radius 3 is 3.12 bits per heavy atom. The second-order valence-electron chi connectivity index (χ2n) is 3.15. The second kappa shape index (κ2) is 4.14. The molecule has 0 atom stereocenters. The van der Waals surface area contributed by atoms with Gasteiger partial charge in [0.15, 0.2) is 0 Å². The monoisotopic (exact) mass is 218 g/mol. The number of ether oxygens (including phenoxy) is 1. The van der Waals surface area contributed by atoms with E-state index in [2.05, 4.69) is 9.97 Å². The number of hydrogen-bond donors (Lipinski definition) is 1. The number of H-pyrrole nitrogens is 1. The van der Waals surface area contributed by atoms with E-state index >= 15 is 0 Å². The molecule has 0 bridgehead atoms. The van der Waals surface area contributed by atoms with Crippen molar-refractivity contribution in [2.45, 2.75) is 6.92 Å². The predicted octanol–water partition coefficient (Wildman–Crippen LogP) is 1.10. The van der Waals surface area contributed by atoms with Gasteiger partial charge in [0.1, 0.15) is 11.1 Å². The van der Waals surface area contributed by atoms with Crippen LogP contribution in [0.3, 0.4) is 0 Å². The van der Waals surface area contributed by atoms with Crippen molar-refractivity contribution in [3.05, 3.63) is 40.3 Å². The van der Waals surface area contributed by atoms with Gasteiger partial charge in [-0.2, -0.15) is 0 Å². The van der Waals surface area contributed by atoms with Gasteiger partial charge in [-0.3, -0.25) is 9.78 Å². The van der Waals surface area contributed by atoms with Crippen LogP contribution in [-0.2, 0) is 4.74 Å². The van der Waals surface area contributed by atoms with E-state index in [-0.39, 0.29) is 17.7 Å². The zero-order valence-corrected chi connectivity index (χ0v) is 8.69. The standard InChI is InChI=1S/C11H10N2O3/c1-2-16-11(15)7-6-13-8-4-3-5-12-9(8)10(7)14/h3-6H,2H2,1H3,(H,13,14). The maximum absolute atomic E-state index is 11.9. The summed E-state index contributed by atoms with van der Waals surface area (Å²) in [5.41, 5.74) is 0.412. The minimum absolute atomic E-state index is 0.0203. The number of fused-ring (bicyclic) bond motifs is 1. The molecule has 2 heterocycles. The van der Waals surface area contributed by atoms with Crippen LogP contribution < -0.4 is 5.43 Å². The summed E-state index contributed by atoms with van der Waals surface area (Å²) in [6.45, 7) is 1.92. The first-order chi connectivity index (χ1) is 7.74. The fourth-order valence-electron chi connectivity index (χ4n) is 1.41. The summed E-state index contributed by atoms with van der Waals surface area (Å²) in [5, 5.41) is 0. The number of carbonyl (C=O) groups is 1. The highest BCUT2D eigenvalue weighted by Crippen LogP contribution is 2.04. The lowest BCUT2D eigenvalue weighted by atomic mass is 10.2. The molecule has 0 amide bonds.